The Morgan fingerprint density at radius 3 is 2.88 bits per heavy atom. The zero-order chi connectivity index (χ0) is 16.8. The first-order chi connectivity index (χ1) is 11.5. The molecule has 0 unspecified atom stereocenters. The minimum atomic E-state index is -0.235. The number of hydrogen-bond donors (Lipinski definition) is 1. The molecule has 1 aromatic carbocycles. The van der Waals surface area contributed by atoms with E-state index in [1.165, 1.54) is 0 Å². The molecule has 1 aliphatic heterocycles. The monoisotopic (exact) mass is 343 g/mol. The fraction of sp³-hybridized carbons (Fsp3) is 0.500. The fourth-order valence-corrected chi connectivity index (χ4v) is 4.17. The van der Waals surface area contributed by atoms with E-state index in [1.807, 2.05) is 23.1 Å². The summed E-state index contributed by atoms with van der Waals surface area (Å²) in [6.07, 6.45) is 2.50. The first kappa shape index (κ1) is 15.6. The SMILES string of the molecule is CC(C)c1nc2ccc(NC(=O)[C@H]3CC(=O)N(C4CC4)C3)cc2s1. The van der Waals surface area contributed by atoms with E-state index in [4.69, 9.17) is 0 Å². The number of fused-ring (bicyclic) bond motifs is 1. The molecular weight excluding hydrogens is 322 g/mol. The van der Waals surface area contributed by atoms with E-state index in [-0.39, 0.29) is 17.7 Å². The van der Waals surface area contributed by atoms with E-state index >= 15 is 0 Å². The first-order valence-electron chi connectivity index (χ1n) is 8.52. The van der Waals surface area contributed by atoms with E-state index in [0.717, 1.165) is 33.8 Å². The van der Waals surface area contributed by atoms with Crippen molar-refractivity contribution in [3.8, 4) is 0 Å². The first-order valence-corrected chi connectivity index (χ1v) is 9.33. The lowest BCUT2D eigenvalue weighted by atomic mass is 10.1. The van der Waals surface area contributed by atoms with Gasteiger partial charge in [0.2, 0.25) is 11.8 Å². The number of anilines is 1. The number of nitrogens with one attached hydrogen (secondary N) is 1. The number of aromatic nitrogens is 1. The summed E-state index contributed by atoms with van der Waals surface area (Å²) in [6.45, 7) is 4.82. The van der Waals surface area contributed by atoms with Gasteiger partial charge in [0, 0.05) is 30.6 Å². The van der Waals surface area contributed by atoms with Gasteiger partial charge in [-0.3, -0.25) is 9.59 Å². The predicted molar refractivity (Wildman–Crippen MR) is 95.2 cm³/mol. The van der Waals surface area contributed by atoms with Crippen LogP contribution in [0.25, 0.3) is 10.2 Å². The number of likely N-dealkylation sites (tertiary alicyclic amines) is 1. The number of hydrogen-bond acceptors (Lipinski definition) is 4. The van der Waals surface area contributed by atoms with Crippen molar-refractivity contribution in [2.45, 2.75) is 45.1 Å². The van der Waals surface area contributed by atoms with Gasteiger partial charge >= 0.3 is 0 Å². The van der Waals surface area contributed by atoms with Gasteiger partial charge in [-0.15, -0.1) is 11.3 Å². The van der Waals surface area contributed by atoms with Crippen LogP contribution in [0.4, 0.5) is 5.69 Å². The molecule has 1 aromatic heterocycles. The van der Waals surface area contributed by atoms with Gasteiger partial charge in [0.1, 0.15) is 0 Å². The van der Waals surface area contributed by atoms with Crippen molar-refractivity contribution in [3.63, 3.8) is 0 Å². The predicted octanol–water partition coefficient (Wildman–Crippen LogP) is 3.37. The Morgan fingerprint density at radius 1 is 1.38 bits per heavy atom. The standard InChI is InChI=1S/C18H21N3O2S/c1-10(2)18-20-14-6-3-12(8-15(14)24-18)19-17(23)11-7-16(22)21(9-11)13-4-5-13/h3,6,8,10-11,13H,4-5,7,9H2,1-2H3,(H,19,23)/t11-/m0/s1. The number of thiazole rings is 1. The Hall–Kier alpha value is -1.95. The summed E-state index contributed by atoms with van der Waals surface area (Å²) in [7, 11) is 0. The highest BCUT2D eigenvalue weighted by Gasteiger charge is 2.41. The summed E-state index contributed by atoms with van der Waals surface area (Å²) in [5, 5.41) is 4.08. The highest BCUT2D eigenvalue weighted by molar-refractivity contribution is 7.18. The second-order valence-electron chi connectivity index (χ2n) is 7.06. The molecule has 4 rings (SSSR count). The van der Waals surface area contributed by atoms with E-state index in [0.29, 0.717) is 24.9 Å². The molecule has 2 fully saturated rings. The van der Waals surface area contributed by atoms with Crippen LogP contribution in [0.2, 0.25) is 0 Å². The minimum absolute atomic E-state index is 0.0561. The van der Waals surface area contributed by atoms with Crippen molar-refractivity contribution in [1.82, 2.24) is 9.88 Å². The van der Waals surface area contributed by atoms with Crippen molar-refractivity contribution in [1.29, 1.82) is 0 Å². The molecule has 1 aliphatic carbocycles. The van der Waals surface area contributed by atoms with Gasteiger partial charge in [-0.1, -0.05) is 13.8 Å². The van der Waals surface area contributed by atoms with E-state index in [9.17, 15) is 9.59 Å². The molecule has 2 amide bonds. The largest absolute Gasteiger partial charge is 0.339 e. The second-order valence-corrected chi connectivity index (χ2v) is 8.12. The smallest absolute Gasteiger partial charge is 0.229 e. The Morgan fingerprint density at radius 2 is 2.17 bits per heavy atom. The van der Waals surface area contributed by atoms with Gasteiger partial charge in [-0.05, 0) is 31.0 Å². The number of benzene rings is 1. The van der Waals surface area contributed by atoms with E-state index in [1.54, 1.807) is 11.3 Å². The zero-order valence-corrected chi connectivity index (χ0v) is 14.7. The molecule has 1 saturated carbocycles. The van der Waals surface area contributed by atoms with E-state index in [2.05, 4.69) is 24.1 Å². The minimum Gasteiger partial charge on any atom is -0.339 e. The fourth-order valence-electron chi connectivity index (χ4n) is 3.16. The van der Waals surface area contributed by atoms with Gasteiger partial charge in [0.15, 0.2) is 0 Å². The quantitative estimate of drug-likeness (QED) is 0.926. The Balaban J connectivity index is 1.47. The normalized spacial score (nSPS) is 21.0. The third kappa shape index (κ3) is 2.90. The van der Waals surface area contributed by atoms with Crippen molar-refractivity contribution in [3.05, 3.63) is 23.2 Å². The van der Waals surface area contributed by atoms with Gasteiger partial charge in [-0.25, -0.2) is 4.98 Å². The maximum absolute atomic E-state index is 12.5. The zero-order valence-electron chi connectivity index (χ0n) is 13.9. The molecule has 2 aliphatic rings. The third-order valence-electron chi connectivity index (χ3n) is 4.68. The van der Waals surface area contributed by atoms with Gasteiger partial charge in [0.25, 0.3) is 0 Å². The van der Waals surface area contributed by atoms with Gasteiger partial charge < -0.3 is 10.2 Å². The van der Waals surface area contributed by atoms with Crippen LogP contribution in [0, 0.1) is 5.92 Å². The summed E-state index contributed by atoms with van der Waals surface area (Å²) in [6, 6.07) is 6.20. The molecule has 2 heterocycles. The maximum Gasteiger partial charge on any atom is 0.229 e. The molecule has 1 atom stereocenters. The number of carbonyl (C=O) groups excluding carboxylic acids is 2. The van der Waals surface area contributed by atoms with Crippen LogP contribution in [0.3, 0.4) is 0 Å². The summed E-state index contributed by atoms with van der Waals surface area (Å²) in [4.78, 5) is 31.0. The van der Waals surface area contributed by atoms with Crippen molar-refractivity contribution in [2.75, 3.05) is 11.9 Å². The summed E-state index contributed by atoms with van der Waals surface area (Å²) < 4.78 is 1.08. The molecule has 0 spiro atoms. The van der Waals surface area contributed by atoms with Crippen LogP contribution < -0.4 is 5.32 Å². The van der Waals surface area contributed by atoms with Crippen LogP contribution in [-0.4, -0.2) is 34.3 Å². The lowest BCUT2D eigenvalue weighted by Crippen LogP contribution is -2.29. The van der Waals surface area contributed by atoms with Crippen molar-refractivity contribution >= 4 is 39.1 Å². The summed E-state index contributed by atoms with van der Waals surface area (Å²) in [5.41, 5.74) is 1.75. The average molecular weight is 343 g/mol. The molecule has 1 N–H and O–H groups in total. The topological polar surface area (TPSA) is 62.3 Å². The maximum atomic E-state index is 12.5. The summed E-state index contributed by atoms with van der Waals surface area (Å²) >= 11 is 1.67. The van der Waals surface area contributed by atoms with E-state index < -0.39 is 0 Å². The molecule has 6 heteroatoms. The Labute approximate surface area is 145 Å². The molecule has 2 aromatic rings. The molecule has 5 nitrogen and oxygen atoms in total. The second kappa shape index (κ2) is 5.84. The molecule has 24 heavy (non-hydrogen) atoms. The number of carbonyl (C=O) groups is 2. The van der Waals surface area contributed by atoms with Crippen LogP contribution in [0.1, 0.15) is 44.0 Å². The van der Waals surface area contributed by atoms with Crippen molar-refractivity contribution < 1.29 is 9.59 Å². The molecule has 0 bridgehead atoms. The Kier molecular flexibility index (Phi) is 3.79. The van der Waals surface area contributed by atoms with Gasteiger partial charge in [0.05, 0.1) is 21.1 Å². The number of rotatable bonds is 4. The van der Waals surface area contributed by atoms with Crippen LogP contribution in [-0.2, 0) is 9.59 Å². The van der Waals surface area contributed by atoms with Crippen LogP contribution >= 0.6 is 11.3 Å². The molecule has 0 radical (unpaired) electrons. The van der Waals surface area contributed by atoms with Gasteiger partial charge in [-0.2, -0.15) is 0 Å². The number of nitrogens with zero attached hydrogens (tertiary/aromatic N) is 2. The van der Waals surface area contributed by atoms with Crippen LogP contribution in [0.5, 0.6) is 0 Å². The molecule has 1 saturated heterocycles. The lowest BCUT2D eigenvalue weighted by molar-refractivity contribution is -0.128. The highest BCUT2D eigenvalue weighted by atomic mass is 32.1. The lowest BCUT2D eigenvalue weighted by Gasteiger charge is -2.15. The Bertz CT molecular complexity index is 810. The molecular formula is C18H21N3O2S. The third-order valence-corrected chi connectivity index (χ3v) is 6.00. The molecule has 126 valence electrons. The highest BCUT2D eigenvalue weighted by Crippen LogP contribution is 2.33. The van der Waals surface area contributed by atoms with Crippen LogP contribution in [0.15, 0.2) is 18.2 Å². The van der Waals surface area contributed by atoms with Crippen molar-refractivity contribution in [2.24, 2.45) is 5.92 Å². The number of amides is 2. The summed E-state index contributed by atoms with van der Waals surface area (Å²) in [5.74, 6) is 0.233. The average Bonchev–Trinajstić information content (AvgIpc) is 3.16.